The quantitative estimate of drug-likeness (QED) is 0.596. The number of nitrogens with zero attached hydrogens (tertiary/aromatic N) is 3. The van der Waals surface area contributed by atoms with Crippen molar-refractivity contribution in [3.63, 3.8) is 0 Å². The molecular weight excluding hydrogens is 419 g/mol. The lowest BCUT2D eigenvalue weighted by Crippen LogP contribution is -2.40. The summed E-state index contributed by atoms with van der Waals surface area (Å²) in [5.74, 6) is 0.877. The molecule has 8 heteroatoms. The highest BCUT2D eigenvalue weighted by Crippen LogP contribution is 2.21. The van der Waals surface area contributed by atoms with E-state index in [1.807, 2.05) is 12.1 Å². The third-order valence-electron chi connectivity index (χ3n) is 5.54. The third-order valence-corrected chi connectivity index (χ3v) is 5.79. The molecule has 0 radical (unpaired) electrons. The number of likely N-dealkylation sites (tertiary alicyclic amines) is 1. The van der Waals surface area contributed by atoms with Gasteiger partial charge in [0.1, 0.15) is 5.82 Å². The lowest BCUT2D eigenvalue weighted by Gasteiger charge is -2.30. The summed E-state index contributed by atoms with van der Waals surface area (Å²) in [6.07, 6.45) is 2.03. The van der Waals surface area contributed by atoms with Crippen molar-refractivity contribution in [1.82, 2.24) is 20.4 Å². The first-order valence-electron chi connectivity index (χ1n) is 10.4. The molecule has 1 aromatic heterocycles. The van der Waals surface area contributed by atoms with Gasteiger partial charge in [-0.1, -0.05) is 35.0 Å². The Morgan fingerprint density at radius 1 is 1.16 bits per heavy atom. The second-order valence-corrected chi connectivity index (χ2v) is 8.14. The zero-order valence-corrected chi connectivity index (χ0v) is 17.8. The minimum atomic E-state index is -0.231. The molecule has 0 aliphatic carbocycles. The van der Waals surface area contributed by atoms with E-state index in [0.717, 1.165) is 31.5 Å². The van der Waals surface area contributed by atoms with Crippen LogP contribution in [0.1, 0.15) is 24.3 Å². The van der Waals surface area contributed by atoms with Gasteiger partial charge in [0.05, 0.1) is 6.54 Å². The number of aromatic nitrogens is 2. The summed E-state index contributed by atoms with van der Waals surface area (Å²) in [6.45, 7) is 2.56. The average Bonchev–Trinajstić information content (AvgIpc) is 3.24. The minimum Gasteiger partial charge on any atom is -0.356 e. The molecule has 0 spiro atoms. The van der Waals surface area contributed by atoms with Crippen LogP contribution in [0.15, 0.2) is 53.1 Å². The SMILES string of the molecule is O=C(NCCc1ccccc1F)C1CCN(Cc2nc(-c3ccc(Cl)cc3)no2)CC1. The predicted molar refractivity (Wildman–Crippen MR) is 116 cm³/mol. The fourth-order valence-corrected chi connectivity index (χ4v) is 3.87. The van der Waals surface area contributed by atoms with Crippen LogP contribution in [0.5, 0.6) is 0 Å². The number of carbonyl (C=O) groups is 1. The first-order valence-corrected chi connectivity index (χ1v) is 10.8. The molecule has 1 aliphatic heterocycles. The van der Waals surface area contributed by atoms with Gasteiger partial charge < -0.3 is 9.84 Å². The van der Waals surface area contributed by atoms with Crippen LogP contribution in [-0.4, -0.2) is 40.6 Å². The Labute approximate surface area is 185 Å². The summed E-state index contributed by atoms with van der Waals surface area (Å²) in [5.41, 5.74) is 1.47. The van der Waals surface area contributed by atoms with Gasteiger partial charge in [0, 0.05) is 23.0 Å². The van der Waals surface area contributed by atoms with Gasteiger partial charge in [0.25, 0.3) is 0 Å². The third kappa shape index (κ3) is 5.68. The van der Waals surface area contributed by atoms with Crippen molar-refractivity contribution >= 4 is 17.5 Å². The molecule has 162 valence electrons. The minimum absolute atomic E-state index is 0.0239. The smallest absolute Gasteiger partial charge is 0.241 e. The Kier molecular flexibility index (Phi) is 6.94. The molecule has 0 unspecified atom stereocenters. The summed E-state index contributed by atoms with van der Waals surface area (Å²) < 4.78 is 19.0. The zero-order chi connectivity index (χ0) is 21.6. The van der Waals surface area contributed by atoms with Crippen molar-refractivity contribution in [2.45, 2.75) is 25.8 Å². The highest BCUT2D eigenvalue weighted by Gasteiger charge is 2.25. The van der Waals surface area contributed by atoms with Crippen molar-refractivity contribution in [2.75, 3.05) is 19.6 Å². The van der Waals surface area contributed by atoms with E-state index in [2.05, 4.69) is 20.4 Å². The second kappa shape index (κ2) is 10.0. The van der Waals surface area contributed by atoms with Crippen LogP contribution in [0.4, 0.5) is 4.39 Å². The maximum Gasteiger partial charge on any atom is 0.241 e. The largest absolute Gasteiger partial charge is 0.356 e. The van der Waals surface area contributed by atoms with Gasteiger partial charge in [-0.25, -0.2) is 4.39 Å². The van der Waals surface area contributed by atoms with Crippen LogP contribution in [0.25, 0.3) is 11.4 Å². The van der Waals surface area contributed by atoms with E-state index in [-0.39, 0.29) is 17.6 Å². The topological polar surface area (TPSA) is 71.3 Å². The number of hydrogen-bond donors (Lipinski definition) is 1. The Balaban J connectivity index is 1.21. The molecule has 1 N–H and O–H groups in total. The molecule has 3 aromatic rings. The number of carbonyl (C=O) groups excluding carboxylic acids is 1. The summed E-state index contributed by atoms with van der Waals surface area (Å²) in [5, 5.41) is 7.65. The number of amides is 1. The van der Waals surface area contributed by atoms with Gasteiger partial charge in [-0.15, -0.1) is 0 Å². The zero-order valence-electron chi connectivity index (χ0n) is 17.1. The molecule has 0 saturated carbocycles. The van der Waals surface area contributed by atoms with Gasteiger partial charge >= 0.3 is 0 Å². The van der Waals surface area contributed by atoms with E-state index in [0.29, 0.717) is 41.8 Å². The van der Waals surface area contributed by atoms with E-state index in [1.165, 1.54) is 6.07 Å². The second-order valence-electron chi connectivity index (χ2n) is 7.70. The molecule has 0 bridgehead atoms. The fourth-order valence-electron chi connectivity index (χ4n) is 3.75. The number of nitrogens with one attached hydrogen (secondary N) is 1. The van der Waals surface area contributed by atoms with Crippen molar-refractivity contribution < 1.29 is 13.7 Å². The molecular formula is C23H24ClFN4O2. The molecule has 4 rings (SSSR count). The van der Waals surface area contributed by atoms with E-state index >= 15 is 0 Å². The molecule has 31 heavy (non-hydrogen) atoms. The lowest BCUT2D eigenvalue weighted by atomic mass is 9.96. The highest BCUT2D eigenvalue weighted by molar-refractivity contribution is 6.30. The van der Waals surface area contributed by atoms with Crippen LogP contribution in [0.3, 0.4) is 0 Å². The molecule has 0 atom stereocenters. The van der Waals surface area contributed by atoms with E-state index < -0.39 is 0 Å². The summed E-state index contributed by atoms with van der Waals surface area (Å²) in [6, 6.07) is 13.9. The van der Waals surface area contributed by atoms with Crippen LogP contribution in [0.2, 0.25) is 5.02 Å². The van der Waals surface area contributed by atoms with E-state index in [1.54, 1.807) is 30.3 Å². The van der Waals surface area contributed by atoms with Crippen LogP contribution in [-0.2, 0) is 17.8 Å². The van der Waals surface area contributed by atoms with Gasteiger partial charge in [0.15, 0.2) is 0 Å². The Hall–Kier alpha value is -2.77. The summed E-state index contributed by atoms with van der Waals surface area (Å²) in [4.78, 5) is 19.1. The maximum absolute atomic E-state index is 13.7. The van der Waals surface area contributed by atoms with Crippen molar-refractivity contribution in [2.24, 2.45) is 5.92 Å². The number of hydrogen-bond acceptors (Lipinski definition) is 5. The number of rotatable bonds is 7. The number of halogens is 2. The molecule has 1 fully saturated rings. The standard InChI is InChI=1S/C23H24ClFN4O2/c24-19-7-5-17(6-8-19)22-27-21(31-28-22)15-29-13-10-18(11-14-29)23(30)26-12-9-16-3-1-2-4-20(16)25/h1-8,18H,9-15H2,(H,26,30). The normalized spacial score (nSPS) is 15.2. The van der Waals surface area contributed by atoms with Gasteiger partial charge in [-0.3, -0.25) is 9.69 Å². The number of benzene rings is 2. The van der Waals surface area contributed by atoms with Crippen molar-refractivity contribution in [1.29, 1.82) is 0 Å². The Morgan fingerprint density at radius 2 is 1.90 bits per heavy atom. The summed E-state index contributed by atoms with van der Waals surface area (Å²) in [7, 11) is 0. The molecule has 1 aliphatic rings. The molecule has 6 nitrogen and oxygen atoms in total. The van der Waals surface area contributed by atoms with Gasteiger partial charge in [-0.05, 0) is 68.2 Å². The predicted octanol–water partition coefficient (Wildman–Crippen LogP) is 4.10. The highest BCUT2D eigenvalue weighted by atomic mass is 35.5. The first-order chi connectivity index (χ1) is 15.1. The summed E-state index contributed by atoms with van der Waals surface area (Å²) >= 11 is 5.92. The molecule has 1 saturated heterocycles. The molecule has 2 heterocycles. The lowest BCUT2D eigenvalue weighted by molar-refractivity contribution is -0.126. The van der Waals surface area contributed by atoms with Crippen LogP contribution >= 0.6 is 11.6 Å². The van der Waals surface area contributed by atoms with E-state index in [4.69, 9.17) is 16.1 Å². The first kappa shape index (κ1) is 21.5. The van der Waals surface area contributed by atoms with Gasteiger partial charge in [-0.2, -0.15) is 4.98 Å². The fraction of sp³-hybridized carbons (Fsp3) is 0.348. The maximum atomic E-state index is 13.7. The van der Waals surface area contributed by atoms with Crippen LogP contribution in [0, 0.1) is 11.7 Å². The average molecular weight is 443 g/mol. The molecule has 2 aromatic carbocycles. The monoisotopic (exact) mass is 442 g/mol. The van der Waals surface area contributed by atoms with Crippen molar-refractivity contribution in [3.8, 4) is 11.4 Å². The van der Waals surface area contributed by atoms with Crippen LogP contribution < -0.4 is 5.32 Å². The Bertz CT molecular complexity index is 1020. The Morgan fingerprint density at radius 3 is 2.65 bits per heavy atom. The van der Waals surface area contributed by atoms with E-state index in [9.17, 15) is 9.18 Å². The number of piperidine rings is 1. The molecule has 1 amide bonds. The van der Waals surface area contributed by atoms with Gasteiger partial charge in [0.2, 0.25) is 17.6 Å². The van der Waals surface area contributed by atoms with Crippen molar-refractivity contribution in [3.05, 3.63) is 70.8 Å².